The number of fused-ring (bicyclic) bond motifs is 1. The molecule has 7 heteroatoms. The van der Waals surface area contributed by atoms with Crippen LogP contribution in [-0.4, -0.2) is 36.7 Å². The smallest absolute Gasteiger partial charge is 0.483 e. The number of nitrogens with one attached hydrogen (secondary N) is 1. The summed E-state index contributed by atoms with van der Waals surface area (Å²) < 4.78 is 17.7. The Morgan fingerprint density at radius 3 is 2.21 bits per heavy atom. The van der Waals surface area contributed by atoms with Gasteiger partial charge in [0.05, 0.1) is 16.8 Å². The second-order valence-electron chi connectivity index (χ2n) is 7.35. The Bertz CT molecular complexity index is 725. The molecule has 0 spiro atoms. The van der Waals surface area contributed by atoms with Crippen LogP contribution >= 0.6 is 0 Å². The summed E-state index contributed by atoms with van der Waals surface area (Å²) in [4.78, 5) is 23.9. The summed E-state index contributed by atoms with van der Waals surface area (Å²) in [6.45, 7) is 11.5. The maximum atomic E-state index is 12.3. The Kier molecular flexibility index (Phi) is 3.77. The minimum absolute atomic E-state index is 0.172. The third kappa shape index (κ3) is 2.52. The molecule has 0 aliphatic carbocycles. The van der Waals surface area contributed by atoms with Crippen LogP contribution in [0.5, 0.6) is 5.75 Å². The quantitative estimate of drug-likeness (QED) is 0.619. The van der Waals surface area contributed by atoms with Gasteiger partial charge in [-0.3, -0.25) is 14.9 Å². The van der Waals surface area contributed by atoms with Crippen LogP contribution in [0.2, 0.25) is 0 Å². The highest BCUT2D eigenvalue weighted by atomic mass is 16.7. The minimum atomic E-state index is -0.578. The van der Waals surface area contributed by atoms with Crippen LogP contribution in [0.1, 0.15) is 49.2 Å². The number of carbonyl (C=O) groups excluding carboxylic acids is 2. The largest absolute Gasteiger partial charge is 0.495 e. The van der Waals surface area contributed by atoms with Crippen molar-refractivity contribution in [3.05, 3.63) is 22.8 Å². The molecule has 0 radical (unpaired) electrons. The average molecular weight is 331 g/mol. The summed E-state index contributed by atoms with van der Waals surface area (Å²) in [6.07, 6.45) is 0. The van der Waals surface area contributed by atoms with Gasteiger partial charge in [0, 0.05) is 0 Å². The SMILES string of the molecule is Cc1c(B2OC(C)(C)C(C)(C)O2)cc2c(c1C)OCC(=O)NC2=O. The number of rotatable bonds is 1. The van der Waals surface area contributed by atoms with E-state index in [9.17, 15) is 9.59 Å². The number of carbonyl (C=O) groups is 2. The van der Waals surface area contributed by atoms with Crippen molar-refractivity contribution in [3.8, 4) is 5.75 Å². The maximum absolute atomic E-state index is 12.3. The highest BCUT2D eigenvalue weighted by Gasteiger charge is 2.52. The number of hydrogen-bond donors (Lipinski definition) is 1. The van der Waals surface area contributed by atoms with E-state index < -0.39 is 30.1 Å². The molecule has 0 atom stereocenters. The second kappa shape index (κ2) is 5.32. The van der Waals surface area contributed by atoms with Gasteiger partial charge in [-0.2, -0.15) is 0 Å². The van der Waals surface area contributed by atoms with Crippen LogP contribution in [0.4, 0.5) is 0 Å². The molecule has 1 N–H and O–H groups in total. The molecular formula is C17H22BNO5. The van der Waals surface area contributed by atoms with Crippen molar-refractivity contribution < 1.29 is 23.6 Å². The maximum Gasteiger partial charge on any atom is 0.495 e. The van der Waals surface area contributed by atoms with Crippen LogP contribution in [0.3, 0.4) is 0 Å². The monoisotopic (exact) mass is 331 g/mol. The fourth-order valence-electron chi connectivity index (χ4n) is 2.86. The van der Waals surface area contributed by atoms with Crippen LogP contribution in [0.25, 0.3) is 0 Å². The van der Waals surface area contributed by atoms with E-state index in [-0.39, 0.29) is 6.61 Å². The first-order chi connectivity index (χ1) is 11.0. The van der Waals surface area contributed by atoms with Crippen molar-refractivity contribution in [2.45, 2.75) is 52.7 Å². The van der Waals surface area contributed by atoms with Crippen LogP contribution < -0.4 is 15.5 Å². The minimum Gasteiger partial charge on any atom is -0.483 e. The van der Waals surface area contributed by atoms with E-state index in [1.165, 1.54) is 0 Å². The third-order valence-electron chi connectivity index (χ3n) is 5.23. The molecule has 2 aliphatic heterocycles. The van der Waals surface area contributed by atoms with E-state index in [0.29, 0.717) is 11.3 Å². The summed E-state index contributed by atoms with van der Waals surface area (Å²) in [5, 5.41) is 2.31. The first kappa shape index (κ1) is 17.0. The average Bonchev–Trinajstić information content (AvgIpc) is 2.58. The van der Waals surface area contributed by atoms with Gasteiger partial charge in [0.15, 0.2) is 6.61 Å². The molecule has 2 heterocycles. The lowest BCUT2D eigenvalue weighted by Gasteiger charge is -2.32. The zero-order valence-electron chi connectivity index (χ0n) is 14.9. The molecule has 24 heavy (non-hydrogen) atoms. The number of amides is 2. The zero-order chi connectivity index (χ0) is 17.9. The number of benzene rings is 1. The molecule has 0 unspecified atom stereocenters. The topological polar surface area (TPSA) is 73.9 Å². The van der Waals surface area contributed by atoms with Crippen molar-refractivity contribution in [2.75, 3.05) is 6.61 Å². The van der Waals surface area contributed by atoms with E-state index in [1.54, 1.807) is 6.07 Å². The van der Waals surface area contributed by atoms with Gasteiger partial charge in [-0.05, 0) is 64.2 Å². The molecule has 128 valence electrons. The van der Waals surface area contributed by atoms with Crippen molar-refractivity contribution in [3.63, 3.8) is 0 Å². The molecule has 1 aromatic rings. The van der Waals surface area contributed by atoms with Gasteiger partial charge < -0.3 is 14.0 Å². The molecule has 6 nitrogen and oxygen atoms in total. The molecule has 1 saturated heterocycles. The fraction of sp³-hybridized carbons (Fsp3) is 0.529. The Balaban J connectivity index is 2.09. The van der Waals surface area contributed by atoms with Gasteiger partial charge in [-0.25, -0.2) is 0 Å². The summed E-state index contributed by atoms with van der Waals surface area (Å²) in [5.41, 5.74) is 1.89. The van der Waals surface area contributed by atoms with Crippen molar-refractivity contribution in [1.82, 2.24) is 5.32 Å². The Morgan fingerprint density at radius 1 is 1.04 bits per heavy atom. The highest BCUT2D eigenvalue weighted by molar-refractivity contribution is 6.62. The van der Waals surface area contributed by atoms with E-state index in [2.05, 4.69) is 5.32 Å². The standard InChI is InChI=1S/C17H22BNO5/c1-9-10(2)14-11(15(21)19-13(20)8-22-14)7-12(9)18-23-16(3,4)17(5,6)24-18/h7H,8H2,1-6H3,(H,19,20,21). The Morgan fingerprint density at radius 2 is 1.62 bits per heavy atom. The summed E-state index contributed by atoms with van der Waals surface area (Å²) in [7, 11) is -0.578. The van der Waals surface area contributed by atoms with Crippen LogP contribution in [0.15, 0.2) is 6.07 Å². The third-order valence-corrected chi connectivity index (χ3v) is 5.23. The van der Waals surface area contributed by atoms with Gasteiger partial charge in [0.25, 0.3) is 11.8 Å². The van der Waals surface area contributed by atoms with Crippen molar-refractivity contribution in [2.24, 2.45) is 0 Å². The van der Waals surface area contributed by atoms with Crippen molar-refractivity contribution >= 4 is 24.4 Å². The normalized spacial score (nSPS) is 21.8. The number of imide groups is 1. The highest BCUT2D eigenvalue weighted by Crippen LogP contribution is 2.37. The molecule has 0 aromatic heterocycles. The molecule has 1 aromatic carbocycles. The Labute approximate surface area is 142 Å². The van der Waals surface area contributed by atoms with Gasteiger partial charge in [0.1, 0.15) is 5.75 Å². The van der Waals surface area contributed by atoms with E-state index in [4.69, 9.17) is 14.0 Å². The summed E-state index contributed by atoms with van der Waals surface area (Å²) >= 11 is 0. The zero-order valence-corrected chi connectivity index (χ0v) is 14.9. The van der Waals surface area contributed by atoms with Gasteiger partial charge >= 0.3 is 7.12 Å². The lowest BCUT2D eigenvalue weighted by Crippen LogP contribution is -2.41. The molecule has 3 rings (SSSR count). The number of ether oxygens (including phenoxy) is 1. The van der Waals surface area contributed by atoms with Gasteiger partial charge in [0.2, 0.25) is 0 Å². The molecule has 1 fully saturated rings. The van der Waals surface area contributed by atoms with Crippen molar-refractivity contribution in [1.29, 1.82) is 0 Å². The van der Waals surface area contributed by atoms with Gasteiger partial charge in [-0.15, -0.1) is 0 Å². The molecule has 0 saturated carbocycles. The summed E-state index contributed by atoms with van der Waals surface area (Å²) in [5.74, 6) is -0.477. The molecule has 0 bridgehead atoms. The fourth-order valence-corrected chi connectivity index (χ4v) is 2.86. The lowest BCUT2D eigenvalue weighted by atomic mass is 9.74. The predicted octanol–water partition coefficient (Wildman–Crippen LogP) is 1.25. The number of hydrogen-bond acceptors (Lipinski definition) is 5. The van der Waals surface area contributed by atoms with E-state index >= 15 is 0 Å². The van der Waals surface area contributed by atoms with Crippen LogP contribution in [-0.2, 0) is 14.1 Å². The van der Waals surface area contributed by atoms with Crippen LogP contribution in [0, 0.1) is 13.8 Å². The predicted molar refractivity (Wildman–Crippen MR) is 89.6 cm³/mol. The lowest BCUT2D eigenvalue weighted by molar-refractivity contribution is -0.121. The van der Waals surface area contributed by atoms with Gasteiger partial charge in [-0.1, -0.05) is 0 Å². The molecule has 2 amide bonds. The van der Waals surface area contributed by atoms with E-state index in [1.807, 2.05) is 41.5 Å². The first-order valence-corrected chi connectivity index (χ1v) is 8.00. The van der Waals surface area contributed by atoms with E-state index in [0.717, 1.165) is 16.6 Å². The molecule has 2 aliphatic rings. The Hall–Kier alpha value is -1.86. The summed E-state index contributed by atoms with van der Waals surface area (Å²) in [6, 6.07) is 1.70. The second-order valence-corrected chi connectivity index (χ2v) is 7.35. The molecular weight excluding hydrogens is 309 g/mol. The first-order valence-electron chi connectivity index (χ1n) is 8.00.